The minimum absolute atomic E-state index is 0.238. The van der Waals surface area contributed by atoms with Crippen LogP contribution in [0, 0.1) is 6.92 Å². The van der Waals surface area contributed by atoms with Gasteiger partial charge in [0, 0.05) is 16.8 Å². The molecule has 1 nitrogen and oxygen atoms in total. The number of benzene rings is 1. The number of likely N-dealkylation sites (N-methyl/N-ethyl adjacent to an activating group) is 1. The molecular weight excluding hydrogens is 322 g/mol. The third-order valence-electron chi connectivity index (χ3n) is 3.89. The zero-order valence-corrected chi connectivity index (χ0v) is 17.7. The highest BCUT2D eigenvalue weighted by atomic mass is 32.1. The van der Waals surface area contributed by atoms with Gasteiger partial charge in [-0.3, -0.25) is 0 Å². The van der Waals surface area contributed by atoms with Crippen molar-refractivity contribution in [1.29, 1.82) is 0 Å². The lowest BCUT2D eigenvalue weighted by atomic mass is 9.85. The standard InChI is InChI=1S/C17H23NS.2C3H6/c1-5-17(3,12-18-4)16-10-15(11-19-16)14-8-6-7-13(2)9-14;2*1-3-2/h6-11,18H,5,12H2,1-4H3;2*3H,1H2,2H3/t17-;;/m1../s1. The maximum Gasteiger partial charge on any atom is 0.0141 e. The van der Waals surface area contributed by atoms with Crippen molar-refractivity contribution in [2.75, 3.05) is 13.6 Å². The molecule has 1 aromatic heterocycles. The second kappa shape index (κ2) is 12.7. The molecule has 0 amide bonds. The first kappa shape index (κ1) is 23.4. The summed E-state index contributed by atoms with van der Waals surface area (Å²) >= 11 is 1.88. The summed E-state index contributed by atoms with van der Waals surface area (Å²) < 4.78 is 0. The van der Waals surface area contributed by atoms with Crippen LogP contribution in [-0.4, -0.2) is 13.6 Å². The van der Waals surface area contributed by atoms with E-state index in [0.717, 1.165) is 13.0 Å². The fraction of sp³-hybridized carbons (Fsp3) is 0.391. The lowest BCUT2D eigenvalue weighted by Gasteiger charge is -2.26. The number of rotatable bonds is 5. The van der Waals surface area contributed by atoms with Crippen molar-refractivity contribution in [2.24, 2.45) is 0 Å². The normalized spacial score (nSPS) is 11.9. The van der Waals surface area contributed by atoms with E-state index in [1.54, 1.807) is 12.2 Å². The van der Waals surface area contributed by atoms with Gasteiger partial charge in [0.2, 0.25) is 0 Å². The molecule has 1 heterocycles. The molecule has 1 aromatic carbocycles. The monoisotopic (exact) mass is 357 g/mol. The fourth-order valence-electron chi connectivity index (χ4n) is 2.41. The second-order valence-corrected chi connectivity index (χ2v) is 7.24. The van der Waals surface area contributed by atoms with Crippen molar-refractivity contribution in [3.05, 3.63) is 71.5 Å². The molecule has 0 aliphatic heterocycles. The summed E-state index contributed by atoms with van der Waals surface area (Å²) in [7, 11) is 2.03. The Hall–Kier alpha value is -1.64. The Morgan fingerprint density at radius 2 is 1.72 bits per heavy atom. The van der Waals surface area contributed by atoms with Crippen molar-refractivity contribution in [3.63, 3.8) is 0 Å². The Bertz CT molecular complexity index is 621. The molecule has 0 aliphatic rings. The Morgan fingerprint density at radius 1 is 1.12 bits per heavy atom. The van der Waals surface area contributed by atoms with Crippen LogP contribution < -0.4 is 5.32 Å². The molecule has 1 atom stereocenters. The van der Waals surface area contributed by atoms with Crippen LogP contribution in [-0.2, 0) is 5.41 Å². The van der Waals surface area contributed by atoms with Crippen molar-refractivity contribution in [1.82, 2.24) is 5.32 Å². The molecule has 0 fully saturated rings. The highest BCUT2D eigenvalue weighted by Gasteiger charge is 2.25. The first-order chi connectivity index (χ1) is 11.9. The molecule has 2 aromatic rings. The summed E-state index contributed by atoms with van der Waals surface area (Å²) in [5.41, 5.74) is 4.23. The van der Waals surface area contributed by atoms with Crippen LogP contribution in [0.25, 0.3) is 11.1 Å². The van der Waals surface area contributed by atoms with E-state index in [9.17, 15) is 0 Å². The molecular formula is C23H35NS. The lowest BCUT2D eigenvalue weighted by Crippen LogP contribution is -2.32. The summed E-state index contributed by atoms with van der Waals surface area (Å²) in [6.45, 7) is 18.3. The van der Waals surface area contributed by atoms with Crippen LogP contribution >= 0.6 is 11.3 Å². The summed E-state index contributed by atoms with van der Waals surface area (Å²) in [5, 5.41) is 5.61. The van der Waals surface area contributed by atoms with Gasteiger partial charge in [0.1, 0.15) is 0 Å². The van der Waals surface area contributed by atoms with Crippen LogP contribution in [0.4, 0.5) is 0 Å². The molecule has 2 rings (SSSR count). The van der Waals surface area contributed by atoms with Gasteiger partial charge in [-0.1, -0.05) is 55.8 Å². The largest absolute Gasteiger partial charge is 0.319 e. The lowest BCUT2D eigenvalue weighted by molar-refractivity contribution is 0.442. The molecule has 0 saturated carbocycles. The van der Waals surface area contributed by atoms with Gasteiger partial charge in [-0.05, 0) is 56.8 Å². The molecule has 2 heteroatoms. The maximum atomic E-state index is 3.36. The first-order valence-corrected chi connectivity index (χ1v) is 9.75. The number of allylic oxidation sites excluding steroid dienone is 2. The molecule has 0 spiro atoms. The average molecular weight is 358 g/mol. The van der Waals surface area contributed by atoms with Gasteiger partial charge in [-0.15, -0.1) is 24.5 Å². The molecule has 0 radical (unpaired) electrons. The summed E-state index contributed by atoms with van der Waals surface area (Å²) in [6, 6.07) is 11.1. The van der Waals surface area contributed by atoms with Crippen LogP contribution in [0.15, 0.2) is 61.0 Å². The van der Waals surface area contributed by atoms with Crippen LogP contribution in [0.5, 0.6) is 0 Å². The van der Waals surface area contributed by atoms with Gasteiger partial charge in [-0.25, -0.2) is 0 Å². The summed E-state index contributed by atoms with van der Waals surface area (Å²) in [4.78, 5) is 1.47. The SMILES string of the molecule is C=CC.C=CC.CC[C@](C)(CNC)c1cc(-c2cccc(C)c2)cs1. The summed E-state index contributed by atoms with van der Waals surface area (Å²) in [5.74, 6) is 0. The average Bonchev–Trinajstić information content (AvgIpc) is 3.07. The molecule has 0 aliphatic carbocycles. The third-order valence-corrected chi connectivity index (χ3v) is 5.13. The van der Waals surface area contributed by atoms with Crippen molar-refractivity contribution < 1.29 is 0 Å². The Kier molecular flexibility index (Phi) is 11.9. The molecule has 0 unspecified atom stereocenters. The number of hydrogen-bond donors (Lipinski definition) is 1. The van der Waals surface area contributed by atoms with E-state index in [1.165, 1.54) is 21.6 Å². The van der Waals surface area contributed by atoms with Gasteiger partial charge in [-0.2, -0.15) is 0 Å². The zero-order valence-electron chi connectivity index (χ0n) is 16.9. The number of nitrogens with one attached hydrogen (secondary N) is 1. The molecule has 25 heavy (non-hydrogen) atoms. The minimum Gasteiger partial charge on any atom is -0.319 e. The van der Waals surface area contributed by atoms with Crippen LogP contribution in [0.3, 0.4) is 0 Å². The fourth-order valence-corrected chi connectivity index (χ4v) is 3.56. The molecule has 0 saturated heterocycles. The first-order valence-electron chi connectivity index (χ1n) is 8.87. The van der Waals surface area contributed by atoms with E-state index in [4.69, 9.17) is 0 Å². The van der Waals surface area contributed by atoms with Crippen LogP contribution in [0.2, 0.25) is 0 Å². The van der Waals surface area contributed by atoms with E-state index in [1.807, 2.05) is 32.2 Å². The van der Waals surface area contributed by atoms with Crippen molar-refractivity contribution >= 4 is 11.3 Å². The number of thiophene rings is 1. The predicted octanol–water partition coefficient (Wildman–Crippen LogP) is 7.00. The maximum absolute atomic E-state index is 3.36. The van der Waals surface area contributed by atoms with Crippen LogP contribution in [0.1, 0.15) is 44.6 Å². The van der Waals surface area contributed by atoms with Crippen molar-refractivity contribution in [2.45, 2.75) is 46.5 Å². The molecule has 138 valence electrons. The number of hydrogen-bond acceptors (Lipinski definition) is 2. The van der Waals surface area contributed by atoms with Crippen molar-refractivity contribution in [3.8, 4) is 11.1 Å². The zero-order chi connectivity index (χ0) is 19.3. The van der Waals surface area contributed by atoms with E-state index < -0.39 is 0 Å². The molecule has 0 bridgehead atoms. The Morgan fingerprint density at radius 3 is 2.20 bits per heavy atom. The third kappa shape index (κ3) is 7.85. The highest BCUT2D eigenvalue weighted by Crippen LogP contribution is 2.35. The minimum atomic E-state index is 0.238. The summed E-state index contributed by atoms with van der Waals surface area (Å²) in [6.07, 6.45) is 4.65. The highest BCUT2D eigenvalue weighted by molar-refractivity contribution is 7.10. The van der Waals surface area contributed by atoms with E-state index >= 15 is 0 Å². The molecule has 1 N–H and O–H groups in total. The topological polar surface area (TPSA) is 12.0 Å². The smallest absolute Gasteiger partial charge is 0.0141 e. The van der Waals surface area contributed by atoms with Gasteiger partial charge in [0.05, 0.1) is 0 Å². The van der Waals surface area contributed by atoms with E-state index in [2.05, 4.69) is 75.0 Å². The van der Waals surface area contributed by atoms with Gasteiger partial charge < -0.3 is 5.32 Å². The van der Waals surface area contributed by atoms with E-state index in [-0.39, 0.29) is 5.41 Å². The Labute approximate surface area is 159 Å². The van der Waals surface area contributed by atoms with Gasteiger partial charge in [0.15, 0.2) is 0 Å². The van der Waals surface area contributed by atoms with Gasteiger partial charge >= 0.3 is 0 Å². The number of aryl methyl sites for hydroxylation is 1. The second-order valence-electron chi connectivity index (χ2n) is 6.33. The predicted molar refractivity (Wildman–Crippen MR) is 118 cm³/mol. The quantitative estimate of drug-likeness (QED) is 0.568. The van der Waals surface area contributed by atoms with Gasteiger partial charge in [0.25, 0.3) is 0 Å². The Balaban J connectivity index is 0.000000844. The van der Waals surface area contributed by atoms with E-state index in [0.29, 0.717) is 0 Å².